The summed E-state index contributed by atoms with van der Waals surface area (Å²) in [6, 6.07) is 11.2. The molecule has 7 heteroatoms. The van der Waals surface area contributed by atoms with Crippen molar-refractivity contribution in [1.29, 1.82) is 0 Å². The Bertz CT molecular complexity index is 793. The number of amides is 1. The summed E-state index contributed by atoms with van der Waals surface area (Å²) >= 11 is 0. The Balaban J connectivity index is 1.92. The van der Waals surface area contributed by atoms with Crippen LogP contribution in [-0.4, -0.2) is 30.2 Å². The Morgan fingerprint density at radius 2 is 2.00 bits per heavy atom. The van der Waals surface area contributed by atoms with E-state index in [1.165, 1.54) is 12.1 Å². The zero-order chi connectivity index (χ0) is 19.1. The second-order valence-electron chi connectivity index (χ2n) is 5.67. The van der Waals surface area contributed by atoms with Crippen LogP contribution in [0.25, 0.3) is 0 Å². The molecule has 0 aliphatic carbocycles. The van der Waals surface area contributed by atoms with E-state index in [1.54, 1.807) is 20.1 Å². The lowest BCUT2D eigenvalue weighted by molar-refractivity contribution is -0.136. The van der Waals surface area contributed by atoms with Gasteiger partial charge in [0.25, 0.3) is 5.91 Å². The number of ether oxygens (including phenoxy) is 2. The van der Waals surface area contributed by atoms with Gasteiger partial charge in [0.2, 0.25) is 0 Å². The van der Waals surface area contributed by atoms with Crippen molar-refractivity contribution in [3.05, 3.63) is 59.4 Å². The third-order valence-electron chi connectivity index (χ3n) is 3.67. The highest BCUT2D eigenvalue weighted by Gasteiger charge is 2.15. The first-order valence-electron chi connectivity index (χ1n) is 7.94. The number of hydrogen-bond donors (Lipinski definition) is 2. The molecule has 1 atom stereocenters. The van der Waals surface area contributed by atoms with Crippen LogP contribution in [0.1, 0.15) is 18.1 Å². The molecule has 1 unspecified atom stereocenters. The summed E-state index contributed by atoms with van der Waals surface area (Å²) in [5.74, 6) is -1.55. The van der Waals surface area contributed by atoms with Crippen LogP contribution in [0.15, 0.2) is 42.5 Å². The molecule has 0 aromatic heterocycles. The summed E-state index contributed by atoms with van der Waals surface area (Å²) in [7, 11) is 1.57. The number of anilines is 1. The van der Waals surface area contributed by atoms with Gasteiger partial charge in [0.1, 0.15) is 17.7 Å². The van der Waals surface area contributed by atoms with Crippen LogP contribution in [0.3, 0.4) is 0 Å². The monoisotopic (exact) mass is 361 g/mol. The third-order valence-corrected chi connectivity index (χ3v) is 3.67. The number of methoxy groups -OCH3 is 1. The molecule has 2 rings (SSSR count). The van der Waals surface area contributed by atoms with Gasteiger partial charge in [0, 0.05) is 5.69 Å². The van der Waals surface area contributed by atoms with Gasteiger partial charge in [-0.1, -0.05) is 18.2 Å². The number of nitrogens with one attached hydrogen (secondary N) is 1. The zero-order valence-corrected chi connectivity index (χ0v) is 14.5. The Hall–Kier alpha value is -2.93. The van der Waals surface area contributed by atoms with Crippen molar-refractivity contribution in [2.45, 2.75) is 26.1 Å². The molecule has 0 aliphatic heterocycles. The fourth-order valence-electron chi connectivity index (χ4n) is 2.23. The van der Waals surface area contributed by atoms with Gasteiger partial charge in [-0.2, -0.15) is 0 Å². The smallest absolute Gasteiger partial charge is 0.307 e. The quantitative estimate of drug-likeness (QED) is 0.755. The van der Waals surface area contributed by atoms with E-state index >= 15 is 0 Å². The average molecular weight is 361 g/mol. The van der Waals surface area contributed by atoms with Crippen LogP contribution in [0, 0.1) is 5.82 Å². The molecule has 0 saturated heterocycles. The Morgan fingerprint density at radius 3 is 2.65 bits per heavy atom. The van der Waals surface area contributed by atoms with Crippen LogP contribution in [0.4, 0.5) is 10.1 Å². The highest BCUT2D eigenvalue weighted by molar-refractivity contribution is 5.93. The normalized spacial score (nSPS) is 11.7. The number of hydrogen-bond acceptors (Lipinski definition) is 4. The lowest BCUT2D eigenvalue weighted by Gasteiger charge is -2.14. The van der Waals surface area contributed by atoms with Crippen molar-refractivity contribution >= 4 is 17.6 Å². The second-order valence-corrected chi connectivity index (χ2v) is 5.67. The first kappa shape index (κ1) is 19.4. The number of benzene rings is 2. The van der Waals surface area contributed by atoms with Gasteiger partial charge in [0.15, 0.2) is 0 Å². The maximum Gasteiger partial charge on any atom is 0.307 e. The fraction of sp³-hybridized carbons (Fsp3) is 0.263. The minimum atomic E-state index is -1.12. The summed E-state index contributed by atoms with van der Waals surface area (Å²) in [6.07, 6.45) is -1.18. The van der Waals surface area contributed by atoms with E-state index in [4.69, 9.17) is 14.6 Å². The Morgan fingerprint density at radius 1 is 1.23 bits per heavy atom. The van der Waals surface area contributed by atoms with Crippen LogP contribution in [-0.2, 0) is 27.4 Å². The van der Waals surface area contributed by atoms with Gasteiger partial charge in [-0.05, 0) is 42.3 Å². The van der Waals surface area contributed by atoms with Crippen molar-refractivity contribution in [2.75, 3.05) is 12.4 Å². The average Bonchev–Trinajstić information content (AvgIpc) is 2.61. The Labute approximate surface area is 150 Å². The van der Waals surface area contributed by atoms with Crippen molar-refractivity contribution in [2.24, 2.45) is 0 Å². The largest absolute Gasteiger partial charge is 0.497 e. The molecular weight excluding hydrogens is 341 g/mol. The lowest BCUT2D eigenvalue weighted by Crippen LogP contribution is -2.27. The fourth-order valence-corrected chi connectivity index (χ4v) is 2.23. The van der Waals surface area contributed by atoms with Gasteiger partial charge in [0.05, 0.1) is 20.1 Å². The van der Waals surface area contributed by atoms with Crippen molar-refractivity contribution in [1.82, 2.24) is 0 Å². The first-order valence-corrected chi connectivity index (χ1v) is 7.94. The molecule has 0 fully saturated rings. The van der Waals surface area contributed by atoms with E-state index in [0.717, 1.165) is 11.6 Å². The van der Waals surface area contributed by atoms with Gasteiger partial charge in [-0.3, -0.25) is 9.59 Å². The van der Waals surface area contributed by atoms with E-state index in [2.05, 4.69) is 5.32 Å². The van der Waals surface area contributed by atoms with E-state index in [-0.39, 0.29) is 17.9 Å². The van der Waals surface area contributed by atoms with E-state index in [9.17, 15) is 14.0 Å². The molecule has 26 heavy (non-hydrogen) atoms. The van der Waals surface area contributed by atoms with E-state index < -0.39 is 30.2 Å². The van der Waals surface area contributed by atoms with Gasteiger partial charge in [-0.25, -0.2) is 4.39 Å². The highest BCUT2D eigenvalue weighted by atomic mass is 19.1. The summed E-state index contributed by atoms with van der Waals surface area (Å²) in [5, 5.41) is 11.2. The standard InChI is InChI=1S/C19H20FNO5/c1-12(26-11-13-4-3-5-16(8-13)25-2)19(24)21-15-7-6-14(9-18(22)23)17(20)10-15/h3-8,10,12H,9,11H2,1-2H3,(H,21,24)(H,22,23). The molecule has 1 amide bonds. The predicted molar refractivity (Wildman–Crippen MR) is 93.6 cm³/mol. The molecule has 0 radical (unpaired) electrons. The number of carboxylic acid groups (broad SMARTS) is 1. The van der Waals surface area contributed by atoms with Crippen LogP contribution in [0.2, 0.25) is 0 Å². The van der Waals surface area contributed by atoms with E-state index in [0.29, 0.717) is 5.75 Å². The van der Waals surface area contributed by atoms with Crippen molar-refractivity contribution in [3.8, 4) is 5.75 Å². The molecule has 0 bridgehead atoms. The van der Waals surface area contributed by atoms with Crippen molar-refractivity contribution in [3.63, 3.8) is 0 Å². The summed E-state index contributed by atoms with van der Waals surface area (Å²) < 4.78 is 24.5. The van der Waals surface area contributed by atoms with Gasteiger partial charge < -0.3 is 19.9 Å². The number of halogens is 1. The predicted octanol–water partition coefficient (Wildman–Crippen LogP) is 3.01. The Kier molecular flexibility index (Phi) is 6.68. The minimum Gasteiger partial charge on any atom is -0.497 e. The molecule has 0 spiro atoms. The van der Waals surface area contributed by atoms with E-state index in [1.807, 2.05) is 18.2 Å². The van der Waals surface area contributed by atoms with Gasteiger partial charge >= 0.3 is 5.97 Å². The molecular formula is C19H20FNO5. The maximum atomic E-state index is 13.8. The molecule has 0 saturated carbocycles. The topological polar surface area (TPSA) is 84.9 Å². The summed E-state index contributed by atoms with van der Waals surface area (Å²) in [4.78, 5) is 22.8. The molecule has 2 aromatic rings. The number of carboxylic acids is 1. The maximum absolute atomic E-state index is 13.8. The first-order chi connectivity index (χ1) is 12.4. The lowest BCUT2D eigenvalue weighted by atomic mass is 10.1. The molecule has 2 N–H and O–H groups in total. The summed E-state index contributed by atoms with van der Waals surface area (Å²) in [6.45, 7) is 1.81. The van der Waals surface area contributed by atoms with Gasteiger partial charge in [-0.15, -0.1) is 0 Å². The molecule has 2 aromatic carbocycles. The number of carbonyl (C=O) groups is 2. The SMILES string of the molecule is COc1cccc(COC(C)C(=O)Nc2ccc(CC(=O)O)c(F)c2)c1. The van der Waals surface area contributed by atoms with Crippen LogP contribution >= 0.6 is 0 Å². The number of aliphatic carboxylic acids is 1. The highest BCUT2D eigenvalue weighted by Crippen LogP contribution is 2.17. The molecule has 6 nitrogen and oxygen atoms in total. The zero-order valence-electron chi connectivity index (χ0n) is 14.5. The third kappa shape index (κ3) is 5.56. The second kappa shape index (κ2) is 8.96. The number of carbonyl (C=O) groups excluding carboxylic acids is 1. The van der Waals surface area contributed by atoms with Crippen LogP contribution in [0.5, 0.6) is 5.75 Å². The summed E-state index contributed by atoms with van der Waals surface area (Å²) in [5.41, 5.74) is 1.14. The van der Waals surface area contributed by atoms with Crippen LogP contribution < -0.4 is 10.1 Å². The minimum absolute atomic E-state index is 0.0535. The number of rotatable bonds is 8. The van der Waals surface area contributed by atoms with Crippen molar-refractivity contribution < 1.29 is 28.6 Å². The molecule has 0 heterocycles. The molecule has 0 aliphatic rings. The molecule has 138 valence electrons.